The van der Waals surface area contributed by atoms with Crippen LogP contribution < -0.4 is 10.9 Å². The predicted octanol–water partition coefficient (Wildman–Crippen LogP) is 0.200. The van der Waals surface area contributed by atoms with Crippen molar-refractivity contribution >= 4 is 11.8 Å². The number of carbonyl (C=O) groups excluding carboxylic acids is 2. The number of nitrogens with one attached hydrogen (secondary N) is 2. The Morgan fingerprint density at radius 3 is 2.18 bits per heavy atom. The highest BCUT2D eigenvalue weighted by Crippen LogP contribution is 1.96. The Balaban J connectivity index is 3.45. The third kappa shape index (κ3) is 6.83. The first-order chi connectivity index (χ1) is 5.02. The van der Waals surface area contributed by atoms with Crippen molar-refractivity contribution in [2.45, 2.75) is 27.2 Å². The molecule has 0 aliphatic carbocycles. The smallest absolute Gasteiger partial charge is 0.238 e. The summed E-state index contributed by atoms with van der Waals surface area (Å²) in [7, 11) is 0. The van der Waals surface area contributed by atoms with E-state index in [0.29, 0.717) is 12.3 Å². The van der Waals surface area contributed by atoms with Crippen LogP contribution >= 0.6 is 0 Å². The van der Waals surface area contributed by atoms with Crippen molar-refractivity contribution in [3.05, 3.63) is 0 Å². The molecule has 0 radical (unpaired) electrons. The van der Waals surface area contributed by atoms with Crippen LogP contribution in [-0.2, 0) is 9.59 Å². The van der Waals surface area contributed by atoms with Gasteiger partial charge in [-0.2, -0.15) is 0 Å². The fourth-order valence-corrected chi connectivity index (χ4v) is 0.580. The number of hydrazine groups is 1. The zero-order valence-corrected chi connectivity index (χ0v) is 7.10. The largest absolute Gasteiger partial charge is 0.274 e. The first kappa shape index (κ1) is 9.94. The average Bonchev–Trinajstić information content (AvgIpc) is 1.82. The lowest BCUT2D eigenvalue weighted by molar-refractivity contribution is -0.128. The highest BCUT2D eigenvalue weighted by molar-refractivity contribution is 5.80. The predicted molar refractivity (Wildman–Crippen MR) is 41.4 cm³/mol. The summed E-state index contributed by atoms with van der Waals surface area (Å²) in [6.45, 7) is 5.22. The number of hydrogen-bond acceptors (Lipinski definition) is 2. The van der Waals surface area contributed by atoms with Crippen molar-refractivity contribution in [3.63, 3.8) is 0 Å². The highest BCUT2D eigenvalue weighted by atomic mass is 16.2. The molecule has 11 heavy (non-hydrogen) atoms. The topological polar surface area (TPSA) is 58.2 Å². The van der Waals surface area contributed by atoms with E-state index in [2.05, 4.69) is 10.9 Å². The third-order valence-electron chi connectivity index (χ3n) is 0.972. The van der Waals surface area contributed by atoms with E-state index in [1.54, 1.807) is 0 Å². The van der Waals surface area contributed by atoms with Crippen molar-refractivity contribution < 1.29 is 9.59 Å². The van der Waals surface area contributed by atoms with Crippen molar-refractivity contribution in [1.82, 2.24) is 10.9 Å². The van der Waals surface area contributed by atoms with Gasteiger partial charge in [0.2, 0.25) is 11.8 Å². The quantitative estimate of drug-likeness (QED) is 0.564. The molecule has 64 valence electrons. The zero-order valence-electron chi connectivity index (χ0n) is 7.10. The molecule has 0 aromatic carbocycles. The summed E-state index contributed by atoms with van der Waals surface area (Å²) in [4.78, 5) is 21.1. The van der Waals surface area contributed by atoms with E-state index in [0.717, 1.165) is 0 Å². The fraction of sp³-hybridized carbons (Fsp3) is 0.714. The lowest BCUT2D eigenvalue weighted by Crippen LogP contribution is -2.40. The lowest BCUT2D eigenvalue weighted by Gasteiger charge is -2.05. The summed E-state index contributed by atoms with van der Waals surface area (Å²) in [6.07, 6.45) is 0.431. The van der Waals surface area contributed by atoms with Crippen molar-refractivity contribution in [2.24, 2.45) is 5.92 Å². The van der Waals surface area contributed by atoms with E-state index in [9.17, 15) is 9.59 Å². The monoisotopic (exact) mass is 158 g/mol. The van der Waals surface area contributed by atoms with Gasteiger partial charge in [0, 0.05) is 13.3 Å². The van der Waals surface area contributed by atoms with Crippen LogP contribution in [0.25, 0.3) is 0 Å². The Morgan fingerprint density at radius 2 is 1.82 bits per heavy atom. The Morgan fingerprint density at radius 1 is 1.27 bits per heavy atom. The molecule has 0 aromatic heterocycles. The Kier molecular flexibility index (Phi) is 4.26. The first-order valence-electron chi connectivity index (χ1n) is 3.57. The fourth-order valence-electron chi connectivity index (χ4n) is 0.580. The summed E-state index contributed by atoms with van der Waals surface area (Å²) in [6, 6.07) is 0. The lowest BCUT2D eigenvalue weighted by atomic mass is 10.1. The number of amides is 2. The normalized spacial score (nSPS) is 9.45. The summed E-state index contributed by atoms with van der Waals surface area (Å²) < 4.78 is 0. The molecule has 0 rings (SSSR count). The summed E-state index contributed by atoms with van der Waals surface area (Å²) in [5.41, 5.74) is 4.49. The van der Waals surface area contributed by atoms with Crippen LogP contribution in [0.3, 0.4) is 0 Å². The van der Waals surface area contributed by atoms with Crippen LogP contribution in [0.5, 0.6) is 0 Å². The van der Waals surface area contributed by atoms with E-state index in [-0.39, 0.29) is 11.8 Å². The molecule has 0 unspecified atom stereocenters. The zero-order chi connectivity index (χ0) is 8.85. The van der Waals surface area contributed by atoms with E-state index in [1.807, 2.05) is 13.8 Å². The van der Waals surface area contributed by atoms with Crippen LogP contribution in [-0.4, -0.2) is 11.8 Å². The van der Waals surface area contributed by atoms with Crippen molar-refractivity contribution in [1.29, 1.82) is 0 Å². The molecule has 4 nitrogen and oxygen atoms in total. The van der Waals surface area contributed by atoms with E-state index >= 15 is 0 Å². The summed E-state index contributed by atoms with van der Waals surface area (Å²) in [5.74, 6) is -0.110. The SMILES string of the molecule is CC(=O)NNC(=O)CC(C)C. The van der Waals surface area contributed by atoms with Gasteiger partial charge < -0.3 is 0 Å². The van der Waals surface area contributed by atoms with E-state index in [4.69, 9.17) is 0 Å². The molecule has 0 saturated heterocycles. The summed E-state index contributed by atoms with van der Waals surface area (Å²) in [5, 5.41) is 0. The molecule has 0 saturated carbocycles. The minimum Gasteiger partial charge on any atom is -0.274 e. The van der Waals surface area contributed by atoms with Crippen LogP contribution in [0.15, 0.2) is 0 Å². The maximum Gasteiger partial charge on any atom is 0.238 e. The molecule has 0 aliphatic heterocycles. The van der Waals surface area contributed by atoms with Crippen molar-refractivity contribution in [2.75, 3.05) is 0 Å². The van der Waals surface area contributed by atoms with Gasteiger partial charge in [-0.25, -0.2) is 0 Å². The second-order valence-electron chi connectivity index (χ2n) is 2.83. The maximum absolute atomic E-state index is 10.8. The molecule has 0 spiro atoms. The molecule has 0 aromatic rings. The highest BCUT2D eigenvalue weighted by Gasteiger charge is 2.03. The second-order valence-corrected chi connectivity index (χ2v) is 2.83. The van der Waals surface area contributed by atoms with Gasteiger partial charge in [-0.15, -0.1) is 0 Å². The molecule has 2 amide bonds. The third-order valence-corrected chi connectivity index (χ3v) is 0.972. The Bertz CT molecular complexity index is 155. The molecular weight excluding hydrogens is 144 g/mol. The van der Waals surface area contributed by atoms with Gasteiger partial charge in [-0.3, -0.25) is 20.4 Å². The minimum atomic E-state index is -0.262. The summed E-state index contributed by atoms with van der Waals surface area (Å²) >= 11 is 0. The van der Waals surface area contributed by atoms with Crippen LogP contribution in [0, 0.1) is 5.92 Å². The number of carbonyl (C=O) groups is 2. The standard InChI is InChI=1S/C7H14N2O2/c1-5(2)4-7(11)9-8-6(3)10/h5H,4H2,1-3H3,(H,8,10)(H,9,11). The molecule has 0 bridgehead atoms. The Hall–Kier alpha value is -1.06. The van der Waals surface area contributed by atoms with Crippen LogP contribution in [0.2, 0.25) is 0 Å². The van der Waals surface area contributed by atoms with Gasteiger partial charge in [-0.1, -0.05) is 13.8 Å². The average molecular weight is 158 g/mol. The van der Waals surface area contributed by atoms with Gasteiger partial charge in [-0.05, 0) is 5.92 Å². The van der Waals surface area contributed by atoms with E-state index in [1.165, 1.54) is 6.92 Å². The molecule has 2 N–H and O–H groups in total. The maximum atomic E-state index is 10.8. The molecule has 0 aliphatic rings. The molecule has 0 fully saturated rings. The second kappa shape index (κ2) is 4.71. The minimum absolute atomic E-state index is 0.157. The van der Waals surface area contributed by atoms with Gasteiger partial charge in [0.1, 0.15) is 0 Å². The molecular formula is C7H14N2O2. The van der Waals surface area contributed by atoms with E-state index < -0.39 is 0 Å². The number of rotatable bonds is 2. The molecule has 0 heterocycles. The molecule has 0 atom stereocenters. The Labute approximate surface area is 66.3 Å². The van der Waals surface area contributed by atoms with Gasteiger partial charge in [0.15, 0.2) is 0 Å². The van der Waals surface area contributed by atoms with Crippen molar-refractivity contribution in [3.8, 4) is 0 Å². The van der Waals surface area contributed by atoms with Crippen LogP contribution in [0.1, 0.15) is 27.2 Å². The first-order valence-corrected chi connectivity index (χ1v) is 3.57. The van der Waals surface area contributed by atoms with Gasteiger partial charge >= 0.3 is 0 Å². The molecule has 4 heteroatoms. The van der Waals surface area contributed by atoms with Gasteiger partial charge in [0.25, 0.3) is 0 Å². The van der Waals surface area contributed by atoms with Crippen LogP contribution in [0.4, 0.5) is 0 Å². The van der Waals surface area contributed by atoms with Gasteiger partial charge in [0.05, 0.1) is 0 Å². The number of hydrogen-bond donors (Lipinski definition) is 2.